The summed E-state index contributed by atoms with van der Waals surface area (Å²) < 4.78 is 0. The van der Waals surface area contributed by atoms with Gasteiger partial charge in [0.1, 0.15) is 11.8 Å². The molecule has 0 N–H and O–H groups in total. The fourth-order valence-corrected chi connectivity index (χ4v) is 0.471. The van der Waals surface area contributed by atoms with E-state index in [1.807, 2.05) is 12.1 Å². The van der Waals surface area contributed by atoms with Crippen LogP contribution in [0.4, 0.5) is 0 Å². The molecular weight excluding hydrogens is 126 g/mol. The molecule has 0 aromatic carbocycles. The monoisotopic (exact) mass is 135 g/mol. The van der Waals surface area contributed by atoms with Gasteiger partial charge in [-0.2, -0.15) is 10.5 Å². The lowest BCUT2D eigenvalue weighted by atomic mass is 10.3. The molecule has 0 rings (SSSR count). The van der Waals surface area contributed by atoms with Crippen molar-refractivity contribution >= 4 is 0 Å². The molecule has 0 radical (unpaired) electrons. The summed E-state index contributed by atoms with van der Waals surface area (Å²) in [6.45, 7) is 0. The molecule has 0 aromatic heterocycles. The summed E-state index contributed by atoms with van der Waals surface area (Å²) in [5, 5.41) is 16.6. The highest BCUT2D eigenvalue weighted by Gasteiger charge is 1.93. The van der Waals surface area contributed by atoms with E-state index in [2.05, 4.69) is 0 Å². The fourth-order valence-electron chi connectivity index (χ4n) is 0.471. The Balaban J connectivity index is 4.12. The number of allylic oxidation sites excluding steroid dienone is 2. The van der Waals surface area contributed by atoms with E-state index in [4.69, 9.17) is 10.5 Å². The van der Waals surface area contributed by atoms with Crippen LogP contribution in [0.1, 0.15) is 6.42 Å². The number of hydrogen-bond donors (Lipinski definition) is 0. The number of nitrogens with zero attached hydrogens (tertiary/aromatic N) is 3. The van der Waals surface area contributed by atoms with Gasteiger partial charge in [-0.15, -0.1) is 0 Å². The topological polar surface area (TPSA) is 50.8 Å². The molecule has 0 aromatic rings. The minimum absolute atomic E-state index is 0.293. The van der Waals surface area contributed by atoms with Crippen molar-refractivity contribution in [1.29, 1.82) is 10.5 Å². The quantitative estimate of drug-likeness (QED) is 0.528. The second-order valence-electron chi connectivity index (χ2n) is 1.96. The molecule has 0 saturated carbocycles. The molecular formula is C7H9N3. The Hall–Kier alpha value is -1.48. The molecule has 0 bridgehead atoms. The minimum Gasteiger partial charge on any atom is -0.369 e. The molecule has 0 spiro atoms. The maximum Gasteiger partial charge on any atom is 0.117 e. The normalized spacial score (nSPS) is 9.80. The van der Waals surface area contributed by atoms with Crippen LogP contribution >= 0.6 is 0 Å². The van der Waals surface area contributed by atoms with Crippen molar-refractivity contribution in [3.63, 3.8) is 0 Å². The molecule has 0 fully saturated rings. The molecule has 0 heterocycles. The highest BCUT2D eigenvalue weighted by atomic mass is 15.1. The van der Waals surface area contributed by atoms with Crippen molar-refractivity contribution in [2.24, 2.45) is 0 Å². The molecule has 10 heavy (non-hydrogen) atoms. The van der Waals surface area contributed by atoms with E-state index in [-0.39, 0.29) is 0 Å². The standard InChI is InChI=1S/C7H9N3/c1-10(2)7(6-9)4-3-5-8/h4H,3H2,1-2H3. The zero-order valence-electron chi connectivity index (χ0n) is 6.13. The van der Waals surface area contributed by atoms with E-state index in [0.717, 1.165) is 0 Å². The van der Waals surface area contributed by atoms with Crippen LogP contribution in [0.5, 0.6) is 0 Å². The van der Waals surface area contributed by atoms with E-state index >= 15 is 0 Å². The zero-order valence-corrected chi connectivity index (χ0v) is 6.13. The second-order valence-corrected chi connectivity index (χ2v) is 1.96. The van der Waals surface area contributed by atoms with Gasteiger partial charge in [-0.1, -0.05) is 0 Å². The van der Waals surface area contributed by atoms with Crippen molar-refractivity contribution in [2.75, 3.05) is 14.1 Å². The van der Waals surface area contributed by atoms with Crippen LogP contribution in [0, 0.1) is 22.7 Å². The maximum atomic E-state index is 8.45. The Morgan fingerprint density at radius 3 is 2.40 bits per heavy atom. The van der Waals surface area contributed by atoms with Crippen molar-refractivity contribution in [2.45, 2.75) is 6.42 Å². The number of rotatable bonds is 2. The van der Waals surface area contributed by atoms with E-state index in [9.17, 15) is 0 Å². The molecule has 0 aliphatic rings. The van der Waals surface area contributed by atoms with Gasteiger partial charge in [-0.25, -0.2) is 0 Å². The van der Waals surface area contributed by atoms with Gasteiger partial charge < -0.3 is 4.90 Å². The summed E-state index contributed by atoms with van der Waals surface area (Å²) >= 11 is 0. The third-order valence-electron chi connectivity index (χ3n) is 0.983. The smallest absolute Gasteiger partial charge is 0.117 e. The summed E-state index contributed by atoms with van der Waals surface area (Å²) in [6, 6.07) is 3.91. The lowest BCUT2D eigenvalue weighted by molar-refractivity contribution is 0.531. The van der Waals surface area contributed by atoms with Crippen LogP contribution in [0.15, 0.2) is 11.8 Å². The molecule has 3 nitrogen and oxygen atoms in total. The van der Waals surface area contributed by atoms with E-state index in [0.29, 0.717) is 12.1 Å². The third-order valence-corrected chi connectivity index (χ3v) is 0.983. The number of hydrogen-bond acceptors (Lipinski definition) is 3. The van der Waals surface area contributed by atoms with Gasteiger partial charge in [-0.3, -0.25) is 0 Å². The first-order chi connectivity index (χ1) is 4.72. The van der Waals surface area contributed by atoms with Crippen LogP contribution < -0.4 is 0 Å². The average Bonchev–Trinajstić information content (AvgIpc) is 1.89. The van der Waals surface area contributed by atoms with Crippen molar-refractivity contribution in [3.05, 3.63) is 11.8 Å². The Bertz CT molecular complexity index is 202. The average molecular weight is 135 g/mol. The van der Waals surface area contributed by atoms with Gasteiger partial charge in [0.15, 0.2) is 0 Å². The summed E-state index contributed by atoms with van der Waals surface area (Å²) in [6.07, 6.45) is 1.89. The van der Waals surface area contributed by atoms with Gasteiger partial charge in [0.2, 0.25) is 0 Å². The fraction of sp³-hybridized carbons (Fsp3) is 0.429. The Morgan fingerprint density at radius 1 is 1.50 bits per heavy atom. The van der Waals surface area contributed by atoms with Gasteiger partial charge in [0, 0.05) is 14.1 Å². The summed E-state index contributed by atoms with van der Waals surface area (Å²) in [7, 11) is 3.54. The molecule has 0 amide bonds. The van der Waals surface area contributed by atoms with Crippen LogP contribution in [0.25, 0.3) is 0 Å². The molecule has 0 unspecified atom stereocenters. The van der Waals surface area contributed by atoms with Crippen LogP contribution in [0.2, 0.25) is 0 Å². The van der Waals surface area contributed by atoms with Crippen molar-refractivity contribution in [1.82, 2.24) is 4.90 Å². The summed E-state index contributed by atoms with van der Waals surface area (Å²) in [5.41, 5.74) is 0.529. The van der Waals surface area contributed by atoms with Crippen molar-refractivity contribution in [3.8, 4) is 12.1 Å². The predicted octanol–water partition coefficient (Wildman–Crippen LogP) is 0.869. The lowest BCUT2D eigenvalue weighted by Crippen LogP contribution is -2.08. The molecule has 0 saturated heterocycles. The van der Waals surface area contributed by atoms with Gasteiger partial charge in [0.05, 0.1) is 12.5 Å². The molecule has 0 atom stereocenters. The van der Waals surface area contributed by atoms with Crippen LogP contribution in [-0.2, 0) is 0 Å². The van der Waals surface area contributed by atoms with E-state index in [1.165, 1.54) is 0 Å². The van der Waals surface area contributed by atoms with E-state index < -0.39 is 0 Å². The number of nitriles is 2. The molecule has 0 aliphatic carbocycles. The molecule has 3 heteroatoms. The Kier molecular flexibility index (Phi) is 3.75. The highest BCUT2D eigenvalue weighted by molar-refractivity contribution is 5.19. The summed E-state index contributed by atoms with van der Waals surface area (Å²) in [5.74, 6) is 0. The van der Waals surface area contributed by atoms with Crippen LogP contribution in [-0.4, -0.2) is 19.0 Å². The predicted molar refractivity (Wildman–Crippen MR) is 37.6 cm³/mol. The second kappa shape index (κ2) is 4.40. The van der Waals surface area contributed by atoms with Gasteiger partial charge in [0.25, 0.3) is 0 Å². The SMILES string of the molecule is CN(C)C(C#N)=CCC#N. The maximum absolute atomic E-state index is 8.45. The molecule has 52 valence electrons. The van der Waals surface area contributed by atoms with Gasteiger partial charge >= 0.3 is 0 Å². The first kappa shape index (κ1) is 8.52. The minimum atomic E-state index is 0.293. The summed E-state index contributed by atoms with van der Waals surface area (Å²) in [4.78, 5) is 1.68. The third kappa shape index (κ3) is 2.74. The van der Waals surface area contributed by atoms with E-state index in [1.54, 1.807) is 25.1 Å². The van der Waals surface area contributed by atoms with Gasteiger partial charge in [-0.05, 0) is 6.08 Å². The highest BCUT2D eigenvalue weighted by Crippen LogP contribution is 1.96. The lowest BCUT2D eigenvalue weighted by Gasteiger charge is -2.07. The first-order valence-corrected chi connectivity index (χ1v) is 2.87. The van der Waals surface area contributed by atoms with Crippen molar-refractivity contribution < 1.29 is 0 Å². The zero-order chi connectivity index (χ0) is 7.98. The Labute approximate surface area is 60.8 Å². The van der Waals surface area contributed by atoms with Crippen LogP contribution in [0.3, 0.4) is 0 Å². The molecule has 0 aliphatic heterocycles. The Morgan fingerprint density at radius 2 is 2.10 bits per heavy atom. The first-order valence-electron chi connectivity index (χ1n) is 2.87. The largest absolute Gasteiger partial charge is 0.369 e.